The van der Waals surface area contributed by atoms with Crippen molar-refractivity contribution >= 4 is 11.6 Å². The topological polar surface area (TPSA) is 94.8 Å². The van der Waals surface area contributed by atoms with Crippen LogP contribution in [0.25, 0.3) is 0 Å². The molecule has 0 aromatic carbocycles. The van der Waals surface area contributed by atoms with Crippen LogP contribution in [-0.2, 0) is 9.59 Å². The second-order valence-corrected chi connectivity index (χ2v) is 9.34. The van der Waals surface area contributed by atoms with Crippen molar-refractivity contribution < 1.29 is 24.9 Å². The Morgan fingerprint density at radius 1 is 1.37 bits per heavy atom. The van der Waals surface area contributed by atoms with Crippen molar-refractivity contribution in [3.63, 3.8) is 0 Å². The van der Waals surface area contributed by atoms with E-state index in [1.807, 2.05) is 19.1 Å². The predicted octanol–water partition coefficient (Wildman–Crippen LogP) is 1.72. The van der Waals surface area contributed by atoms with Gasteiger partial charge in [0, 0.05) is 17.8 Å². The molecule has 27 heavy (non-hydrogen) atoms. The second kappa shape index (κ2) is 5.72. The molecule has 5 heteroatoms. The first-order valence-corrected chi connectivity index (χ1v) is 9.75. The second-order valence-electron chi connectivity index (χ2n) is 9.34. The van der Waals surface area contributed by atoms with Crippen molar-refractivity contribution in [1.29, 1.82) is 0 Å². The van der Waals surface area contributed by atoms with Crippen LogP contribution in [0.4, 0.5) is 0 Å². The summed E-state index contributed by atoms with van der Waals surface area (Å²) in [7, 11) is 0. The van der Waals surface area contributed by atoms with E-state index < -0.39 is 29.5 Å². The van der Waals surface area contributed by atoms with Gasteiger partial charge in [0.1, 0.15) is 6.61 Å². The van der Waals surface area contributed by atoms with E-state index in [0.717, 1.165) is 5.57 Å². The Morgan fingerprint density at radius 3 is 2.74 bits per heavy atom. The SMILES string of the molecule is C=C1CC2C3C=CC4=CC(=O)CC[C@]4(C)C3C(O)C[C@]2(C)[C@@]1(O)C(=O)CO. The molecule has 5 nitrogen and oxygen atoms in total. The van der Waals surface area contributed by atoms with Crippen molar-refractivity contribution in [2.75, 3.05) is 6.61 Å². The van der Waals surface area contributed by atoms with E-state index in [0.29, 0.717) is 24.8 Å². The van der Waals surface area contributed by atoms with Crippen molar-refractivity contribution in [3.8, 4) is 0 Å². The normalized spacial score (nSPS) is 48.6. The number of carbonyl (C=O) groups excluding carboxylic acids is 2. The minimum atomic E-state index is -1.81. The standard InChI is InChI=1S/C22H28O5/c1-12-8-16-15-5-4-13-9-14(24)6-7-20(13,2)19(15)17(25)10-21(16,3)22(12,27)18(26)11-23/h4-5,9,15-17,19,23,25,27H,1,6-8,10-11H2,2-3H3/t15?,16?,17?,19?,20-,21-,22-/m0/s1. The lowest BCUT2D eigenvalue weighted by atomic mass is 9.47. The number of aliphatic hydroxyl groups is 3. The number of rotatable bonds is 2. The summed E-state index contributed by atoms with van der Waals surface area (Å²) in [5.74, 6) is -0.660. The van der Waals surface area contributed by atoms with Gasteiger partial charge in [-0.25, -0.2) is 0 Å². The van der Waals surface area contributed by atoms with E-state index in [-0.39, 0.29) is 35.4 Å². The van der Waals surface area contributed by atoms with E-state index in [9.17, 15) is 24.9 Å². The number of Topliss-reactive ketones (excluding diaryl/α,β-unsaturated/α-hetero) is 1. The number of hydrogen-bond acceptors (Lipinski definition) is 5. The fraction of sp³-hybridized carbons (Fsp3) is 0.636. The molecule has 0 amide bonds. The molecule has 0 aromatic rings. The van der Waals surface area contributed by atoms with Crippen LogP contribution in [0.2, 0.25) is 0 Å². The van der Waals surface area contributed by atoms with Crippen LogP contribution in [0, 0.1) is 28.6 Å². The highest BCUT2D eigenvalue weighted by Crippen LogP contribution is 2.67. The molecule has 4 aliphatic carbocycles. The zero-order chi connectivity index (χ0) is 19.8. The fourth-order valence-corrected chi connectivity index (χ4v) is 6.72. The maximum atomic E-state index is 12.5. The summed E-state index contributed by atoms with van der Waals surface area (Å²) >= 11 is 0. The average molecular weight is 372 g/mol. The summed E-state index contributed by atoms with van der Waals surface area (Å²) in [5.41, 5.74) is -1.58. The Morgan fingerprint density at radius 2 is 2.07 bits per heavy atom. The van der Waals surface area contributed by atoms with E-state index >= 15 is 0 Å². The lowest BCUT2D eigenvalue weighted by Gasteiger charge is -2.58. The fourth-order valence-electron chi connectivity index (χ4n) is 6.72. The third kappa shape index (κ3) is 2.16. The molecule has 0 spiro atoms. The van der Waals surface area contributed by atoms with E-state index in [1.54, 1.807) is 6.08 Å². The van der Waals surface area contributed by atoms with Gasteiger partial charge in [0.05, 0.1) is 6.10 Å². The minimum Gasteiger partial charge on any atom is -0.393 e. The molecule has 3 N–H and O–H groups in total. The smallest absolute Gasteiger partial charge is 0.194 e. The Labute approximate surface area is 159 Å². The maximum absolute atomic E-state index is 12.5. The summed E-state index contributed by atoms with van der Waals surface area (Å²) in [5, 5.41) is 32.0. The summed E-state index contributed by atoms with van der Waals surface area (Å²) in [4.78, 5) is 24.4. The molecule has 0 radical (unpaired) electrons. The monoisotopic (exact) mass is 372 g/mol. The Hall–Kier alpha value is -1.56. The van der Waals surface area contributed by atoms with Gasteiger partial charge >= 0.3 is 0 Å². The van der Waals surface area contributed by atoms with E-state index in [2.05, 4.69) is 13.5 Å². The predicted molar refractivity (Wildman–Crippen MR) is 99.6 cm³/mol. The molecule has 0 saturated heterocycles. The van der Waals surface area contributed by atoms with Crippen LogP contribution >= 0.6 is 0 Å². The zero-order valence-corrected chi connectivity index (χ0v) is 15.9. The number of ketones is 2. The van der Waals surface area contributed by atoms with Crippen LogP contribution in [0.15, 0.2) is 36.0 Å². The van der Waals surface area contributed by atoms with Crippen LogP contribution in [-0.4, -0.2) is 45.2 Å². The minimum absolute atomic E-state index is 0.0219. The largest absolute Gasteiger partial charge is 0.393 e. The first-order chi connectivity index (χ1) is 12.6. The van der Waals surface area contributed by atoms with Crippen molar-refractivity contribution in [2.24, 2.45) is 28.6 Å². The third-order valence-electron chi connectivity index (χ3n) is 8.20. The zero-order valence-electron chi connectivity index (χ0n) is 15.9. The van der Waals surface area contributed by atoms with Gasteiger partial charge in [0.2, 0.25) is 0 Å². The van der Waals surface area contributed by atoms with E-state index in [1.165, 1.54) is 0 Å². The molecule has 4 rings (SSSR count). The Kier molecular flexibility index (Phi) is 3.98. The van der Waals surface area contributed by atoms with Gasteiger partial charge < -0.3 is 15.3 Å². The number of aliphatic hydroxyl groups excluding tert-OH is 2. The van der Waals surface area contributed by atoms with Gasteiger partial charge in [0.15, 0.2) is 17.2 Å². The van der Waals surface area contributed by atoms with Gasteiger partial charge in [-0.1, -0.05) is 32.6 Å². The van der Waals surface area contributed by atoms with Crippen LogP contribution in [0.1, 0.15) is 39.5 Å². The molecule has 2 fully saturated rings. The molecule has 7 atom stereocenters. The van der Waals surface area contributed by atoms with Crippen molar-refractivity contribution in [3.05, 3.63) is 36.0 Å². The Bertz CT molecular complexity index is 795. The highest BCUT2D eigenvalue weighted by molar-refractivity contribution is 5.93. The first-order valence-electron chi connectivity index (χ1n) is 9.75. The van der Waals surface area contributed by atoms with Crippen LogP contribution in [0.3, 0.4) is 0 Å². The van der Waals surface area contributed by atoms with E-state index in [4.69, 9.17) is 0 Å². The average Bonchev–Trinajstić information content (AvgIpc) is 2.82. The molecular formula is C22H28O5. The van der Waals surface area contributed by atoms with Crippen molar-refractivity contribution in [2.45, 2.75) is 51.2 Å². The van der Waals surface area contributed by atoms with Crippen molar-refractivity contribution in [1.82, 2.24) is 0 Å². The van der Waals surface area contributed by atoms with Gasteiger partial charge in [-0.2, -0.15) is 0 Å². The highest BCUT2D eigenvalue weighted by atomic mass is 16.3. The molecule has 0 bridgehead atoms. The number of carbonyl (C=O) groups is 2. The lowest BCUT2D eigenvalue weighted by Crippen LogP contribution is -2.61. The molecule has 146 valence electrons. The number of fused-ring (bicyclic) bond motifs is 5. The molecule has 4 unspecified atom stereocenters. The summed E-state index contributed by atoms with van der Waals surface area (Å²) in [6.45, 7) is 7.19. The molecule has 4 aliphatic rings. The summed E-state index contributed by atoms with van der Waals surface area (Å²) in [6, 6.07) is 0. The van der Waals surface area contributed by atoms with Gasteiger partial charge in [-0.3, -0.25) is 9.59 Å². The quantitative estimate of drug-likeness (QED) is 0.642. The van der Waals surface area contributed by atoms with Crippen LogP contribution < -0.4 is 0 Å². The molecule has 0 aromatic heterocycles. The molecule has 2 saturated carbocycles. The number of allylic oxidation sites excluding steroid dienone is 4. The first kappa shape index (κ1) is 18.8. The molecule has 0 aliphatic heterocycles. The van der Waals surface area contributed by atoms with Crippen LogP contribution in [0.5, 0.6) is 0 Å². The molecular weight excluding hydrogens is 344 g/mol. The third-order valence-corrected chi connectivity index (χ3v) is 8.20. The summed E-state index contributed by atoms with van der Waals surface area (Å²) < 4.78 is 0. The maximum Gasteiger partial charge on any atom is 0.194 e. The van der Waals surface area contributed by atoms with Gasteiger partial charge in [0.25, 0.3) is 0 Å². The number of hydrogen-bond donors (Lipinski definition) is 3. The summed E-state index contributed by atoms with van der Waals surface area (Å²) in [6.07, 6.45) is 6.96. The molecule has 0 heterocycles. The lowest BCUT2D eigenvalue weighted by molar-refractivity contribution is -0.169. The van der Waals surface area contributed by atoms with Gasteiger partial charge in [-0.05, 0) is 53.7 Å². The highest BCUT2D eigenvalue weighted by Gasteiger charge is 2.69. The van der Waals surface area contributed by atoms with Gasteiger partial charge in [-0.15, -0.1) is 0 Å². The Balaban J connectivity index is 1.83.